The van der Waals surface area contributed by atoms with Crippen LogP contribution in [0.1, 0.15) is 38.9 Å². The third-order valence-corrected chi connectivity index (χ3v) is 8.46. The number of rotatable bonds is 8. The van der Waals surface area contributed by atoms with Gasteiger partial charge in [-0.25, -0.2) is 4.79 Å². The minimum atomic E-state index is -0.465. The molecule has 2 heterocycles. The second-order valence-corrected chi connectivity index (χ2v) is 12.2. The summed E-state index contributed by atoms with van der Waals surface area (Å²) in [6, 6.07) is 18.0. The number of aromatic nitrogens is 1. The molecule has 4 aromatic rings. The number of nitrogens with zero attached hydrogens (tertiary/aromatic N) is 3. The molecule has 244 valence electrons. The van der Waals surface area contributed by atoms with Crippen molar-refractivity contribution >= 4 is 62.0 Å². The molecule has 1 fully saturated rings. The SMILES string of the molecule is CC(=O)OCCOC(=O)c1cc(Br)c(N)c(CN2CCN(C)CC2)c1.COc1ccc2c(c1)cc(C)n2C(=O)c1ccc(Cl)cc1. The molecule has 0 amide bonds. The lowest BCUT2D eigenvalue weighted by atomic mass is 10.1. The first-order chi connectivity index (χ1) is 22.0. The molecule has 1 aliphatic heterocycles. The lowest BCUT2D eigenvalue weighted by molar-refractivity contribution is -0.142. The van der Waals surface area contributed by atoms with Crippen LogP contribution in [-0.2, 0) is 20.8 Å². The van der Waals surface area contributed by atoms with Crippen LogP contribution in [0, 0.1) is 6.92 Å². The summed E-state index contributed by atoms with van der Waals surface area (Å²) in [5.41, 5.74) is 10.5. The zero-order chi connectivity index (χ0) is 33.4. The molecule has 0 aliphatic carbocycles. The van der Waals surface area contributed by atoms with Gasteiger partial charge in [0.1, 0.15) is 19.0 Å². The number of nitrogens with two attached hydrogens (primary N) is 1. The van der Waals surface area contributed by atoms with Crippen molar-refractivity contribution < 1.29 is 28.6 Å². The number of methoxy groups -OCH3 is 1. The standard InChI is InChI=1S/C17H24BrN3O4.C17H14ClNO2/c1-12(22)24-7-8-25-17(23)13-9-14(16(19)15(18)10-13)11-21-5-3-20(2)4-6-21;1-11-9-13-10-15(21-2)7-8-16(13)19(11)17(20)12-3-5-14(18)6-4-12/h9-10H,3-8,11,19H2,1-2H3;3-10H,1-2H3. The van der Waals surface area contributed by atoms with Crippen LogP contribution in [-0.4, -0.2) is 85.8 Å². The highest BCUT2D eigenvalue weighted by Gasteiger charge is 2.19. The van der Waals surface area contributed by atoms with E-state index in [0.717, 1.165) is 54.1 Å². The summed E-state index contributed by atoms with van der Waals surface area (Å²) in [5, 5.41) is 1.60. The predicted octanol–water partition coefficient (Wildman–Crippen LogP) is 5.80. The van der Waals surface area contributed by atoms with Crippen LogP contribution in [0.25, 0.3) is 10.9 Å². The fourth-order valence-corrected chi connectivity index (χ4v) is 5.65. The second kappa shape index (κ2) is 16.1. The van der Waals surface area contributed by atoms with Gasteiger partial charge in [0.15, 0.2) is 0 Å². The van der Waals surface area contributed by atoms with Gasteiger partial charge < -0.3 is 24.8 Å². The number of carbonyl (C=O) groups is 3. The summed E-state index contributed by atoms with van der Waals surface area (Å²) in [4.78, 5) is 40.2. The first-order valence-corrected chi connectivity index (χ1v) is 15.9. The van der Waals surface area contributed by atoms with Gasteiger partial charge in [0.25, 0.3) is 5.91 Å². The van der Waals surface area contributed by atoms with E-state index in [0.29, 0.717) is 32.9 Å². The van der Waals surface area contributed by atoms with Gasteiger partial charge in [0, 0.05) is 65.8 Å². The van der Waals surface area contributed by atoms with Gasteiger partial charge in [-0.2, -0.15) is 0 Å². The van der Waals surface area contributed by atoms with Crippen molar-refractivity contribution in [1.82, 2.24) is 14.4 Å². The molecular weight excluding hydrogens is 676 g/mol. The summed E-state index contributed by atoms with van der Waals surface area (Å²) in [6.45, 7) is 7.93. The molecule has 12 heteroatoms. The van der Waals surface area contributed by atoms with Crippen molar-refractivity contribution in [3.63, 3.8) is 0 Å². The summed E-state index contributed by atoms with van der Waals surface area (Å²) >= 11 is 9.28. The second-order valence-electron chi connectivity index (χ2n) is 10.9. The van der Waals surface area contributed by atoms with Crippen molar-refractivity contribution in [3.05, 3.63) is 92.5 Å². The van der Waals surface area contributed by atoms with E-state index in [9.17, 15) is 14.4 Å². The number of esters is 2. The number of carbonyl (C=O) groups excluding carboxylic acids is 3. The van der Waals surface area contributed by atoms with E-state index >= 15 is 0 Å². The maximum absolute atomic E-state index is 12.7. The lowest BCUT2D eigenvalue weighted by Gasteiger charge is -2.32. The highest BCUT2D eigenvalue weighted by atomic mass is 79.9. The average Bonchev–Trinajstić information content (AvgIpc) is 3.37. The van der Waals surface area contributed by atoms with Crippen molar-refractivity contribution in [1.29, 1.82) is 0 Å². The van der Waals surface area contributed by atoms with Crippen LogP contribution in [0.15, 0.2) is 65.1 Å². The van der Waals surface area contributed by atoms with E-state index in [2.05, 4.69) is 32.8 Å². The Bertz CT molecular complexity index is 1700. The number of aryl methyl sites for hydroxylation is 1. The van der Waals surface area contributed by atoms with Gasteiger partial charge in [0.2, 0.25) is 0 Å². The van der Waals surface area contributed by atoms with E-state index in [1.54, 1.807) is 48.1 Å². The van der Waals surface area contributed by atoms with E-state index in [-0.39, 0.29) is 19.1 Å². The number of nitrogen functional groups attached to an aromatic ring is 1. The zero-order valence-electron chi connectivity index (χ0n) is 26.3. The number of halogens is 2. The molecule has 1 saturated heterocycles. The molecule has 1 aromatic heterocycles. The topological polar surface area (TPSA) is 116 Å². The summed E-state index contributed by atoms with van der Waals surface area (Å²) in [6.07, 6.45) is 0. The number of piperazine rings is 1. The summed E-state index contributed by atoms with van der Waals surface area (Å²) < 4.78 is 17.5. The van der Waals surface area contributed by atoms with Crippen LogP contribution in [0.3, 0.4) is 0 Å². The number of hydrogen-bond acceptors (Lipinski definition) is 9. The molecule has 10 nitrogen and oxygen atoms in total. The number of hydrogen-bond donors (Lipinski definition) is 1. The minimum absolute atomic E-state index is 0.0220. The van der Waals surface area contributed by atoms with Crippen LogP contribution in [0.2, 0.25) is 5.02 Å². The minimum Gasteiger partial charge on any atom is -0.497 e. The molecule has 0 atom stereocenters. The number of fused-ring (bicyclic) bond motifs is 1. The van der Waals surface area contributed by atoms with Crippen molar-refractivity contribution in [2.24, 2.45) is 0 Å². The van der Waals surface area contributed by atoms with E-state index in [1.165, 1.54) is 6.92 Å². The molecule has 0 saturated carbocycles. The van der Waals surface area contributed by atoms with Crippen LogP contribution >= 0.6 is 27.5 Å². The van der Waals surface area contributed by atoms with Gasteiger partial charge in [-0.05, 0) is 96.1 Å². The van der Waals surface area contributed by atoms with Gasteiger partial charge >= 0.3 is 11.9 Å². The molecule has 46 heavy (non-hydrogen) atoms. The maximum Gasteiger partial charge on any atom is 0.338 e. The van der Waals surface area contributed by atoms with Gasteiger partial charge in [0.05, 0.1) is 23.9 Å². The van der Waals surface area contributed by atoms with Crippen LogP contribution in [0.4, 0.5) is 5.69 Å². The molecular formula is C34H38BrClN4O6. The fraction of sp³-hybridized carbons (Fsp3) is 0.324. The first-order valence-electron chi connectivity index (χ1n) is 14.7. The molecule has 0 radical (unpaired) electrons. The highest BCUT2D eigenvalue weighted by Crippen LogP contribution is 2.28. The fourth-order valence-electron chi connectivity index (χ4n) is 5.02. The average molecular weight is 714 g/mol. The van der Waals surface area contributed by atoms with Crippen molar-refractivity contribution in [2.75, 3.05) is 59.3 Å². The molecule has 1 aliphatic rings. The van der Waals surface area contributed by atoms with Crippen LogP contribution < -0.4 is 10.5 Å². The number of anilines is 1. The predicted molar refractivity (Wildman–Crippen MR) is 183 cm³/mol. The Hall–Kier alpha value is -3.90. The Balaban J connectivity index is 0.000000211. The molecule has 2 N–H and O–H groups in total. The quantitative estimate of drug-likeness (QED) is 0.138. The van der Waals surface area contributed by atoms with Crippen LogP contribution in [0.5, 0.6) is 5.75 Å². The molecule has 0 bridgehead atoms. The van der Waals surface area contributed by atoms with Crippen molar-refractivity contribution in [2.45, 2.75) is 20.4 Å². The lowest BCUT2D eigenvalue weighted by Crippen LogP contribution is -2.44. The maximum atomic E-state index is 12.7. The molecule has 0 spiro atoms. The Morgan fingerprint density at radius 3 is 2.24 bits per heavy atom. The third-order valence-electron chi connectivity index (χ3n) is 7.55. The van der Waals surface area contributed by atoms with Gasteiger partial charge in [-0.3, -0.25) is 19.1 Å². The highest BCUT2D eigenvalue weighted by molar-refractivity contribution is 9.10. The van der Waals surface area contributed by atoms with E-state index < -0.39 is 11.9 Å². The van der Waals surface area contributed by atoms with E-state index in [4.69, 9.17) is 31.5 Å². The molecule has 0 unspecified atom stereocenters. The summed E-state index contributed by atoms with van der Waals surface area (Å²) in [5.74, 6) is -0.156. The largest absolute Gasteiger partial charge is 0.497 e. The van der Waals surface area contributed by atoms with E-state index in [1.807, 2.05) is 31.2 Å². The first kappa shape index (κ1) is 35.0. The Morgan fingerprint density at radius 1 is 0.913 bits per heavy atom. The monoisotopic (exact) mass is 712 g/mol. The van der Waals surface area contributed by atoms with Crippen molar-refractivity contribution in [3.8, 4) is 5.75 Å². The number of benzene rings is 3. The molecule has 5 rings (SSSR count). The van der Waals surface area contributed by atoms with Gasteiger partial charge in [-0.15, -0.1) is 0 Å². The Morgan fingerprint density at radius 2 is 1.59 bits per heavy atom. The third kappa shape index (κ3) is 9.10. The number of ether oxygens (including phenoxy) is 3. The normalized spacial score (nSPS) is 13.5. The molecule has 3 aromatic carbocycles. The van der Waals surface area contributed by atoms with Gasteiger partial charge in [-0.1, -0.05) is 11.6 Å². The Labute approximate surface area is 282 Å². The zero-order valence-corrected chi connectivity index (χ0v) is 28.7. The Kier molecular flexibility index (Phi) is 12.2. The smallest absolute Gasteiger partial charge is 0.338 e. The number of likely N-dealkylation sites (N-methyl/N-ethyl adjacent to an activating group) is 1. The summed E-state index contributed by atoms with van der Waals surface area (Å²) in [7, 11) is 3.73.